The summed E-state index contributed by atoms with van der Waals surface area (Å²) in [6.45, 7) is 4.97. The molecule has 1 fully saturated rings. The van der Waals surface area contributed by atoms with E-state index in [0.717, 1.165) is 16.0 Å². The van der Waals surface area contributed by atoms with E-state index in [-0.39, 0.29) is 12.6 Å². The third-order valence-electron chi connectivity index (χ3n) is 5.03. The Bertz CT molecular complexity index is 978. The monoisotopic (exact) mass is 433 g/mol. The topological polar surface area (TPSA) is 78.5 Å². The number of imide groups is 1. The molecule has 2 atom stereocenters. The lowest BCUT2D eigenvalue weighted by atomic mass is 9.91. The largest absolute Gasteiger partial charge is 0.348 e. The van der Waals surface area contributed by atoms with Crippen LogP contribution >= 0.6 is 23.2 Å². The van der Waals surface area contributed by atoms with E-state index < -0.39 is 23.4 Å². The van der Waals surface area contributed by atoms with Gasteiger partial charge in [0.25, 0.3) is 5.91 Å². The lowest BCUT2D eigenvalue weighted by molar-refractivity contribution is -0.135. The molecule has 2 N–H and O–H groups in total. The maximum absolute atomic E-state index is 12.9. The zero-order valence-corrected chi connectivity index (χ0v) is 17.8. The van der Waals surface area contributed by atoms with Crippen molar-refractivity contribution in [2.75, 3.05) is 6.54 Å². The van der Waals surface area contributed by atoms with Crippen LogP contribution in [0.5, 0.6) is 0 Å². The van der Waals surface area contributed by atoms with E-state index in [0.29, 0.717) is 15.6 Å². The van der Waals surface area contributed by atoms with Gasteiger partial charge in [-0.15, -0.1) is 0 Å². The number of halogens is 2. The molecule has 0 aromatic heterocycles. The SMILES string of the molecule is Cc1ccc(C2(C)NC(=O)N(CC(=O)NC(C)c3ccc(Cl)c(Cl)c3)C2=O)cc1. The number of amides is 4. The summed E-state index contributed by atoms with van der Waals surface area (Å²) >= 11 is 11.9. The molecule has 0 radical (unpaired) electrons. The second kappa shape index (κ2) is 8.05. The van der Waals surface area contributed by atoms with Crippen LogP contribution in [0.1, 0.15) is 36.6 Å². The molecule has 1 aliphatic heterocycles. The van der Waals surface area contributed by atoms with Crippen LogP contribution in [0.15, 0.2) is 42.5 Å². The Morgan fingerprint density at radius 3 is 2.41 bits per heavy atom. The van der Waals surface area contributed by atoms with Crippen LogP contribution in [0, 0.1) is 6.92 Å². The van der Waals surface area contributed by atoms with Gasteiger partial charge in [0.05, 0.1) is 16.1 Å². The number of carbonyl (C=O) groups is 3. The highest BCUT2D eigenvalue weighted by Crippen LogP contribution is 2.29. The second-order valence-electron chi connectivity index (χ2n) is 7.28. The van der Waals surface area contributed by atoms with Gasteiger partial charge in [-0.2, -0.15) is 0 Å². The number of rotatable bonds is 5. The molecule has 2 aromatic rings. The number of urea groups is 1. The van der Waals surface area contributed by atoms with Crippen molar-refractivity contribution in [3.8, 4) is 0 Å². The summed E-state index contributed by atoms with van der Waals surface area (Å²) in [5, 5.41) is 6.27. The molecule has 2 unspecified atom stereocenters. The molecular weight excluding hydrogens is 413 g/mol. The molecule has 6 nitrogen and oxygen atoms in total. The summed E-state index contributed by atoms with van der Waals surface area (Å²) in [6.07, 6.45) is 0. The number of hydrogen-bond donors (Lipinski definition) is 2. The Morgan fingerprint density at radius 1 is 1.14 bits per heavy atom. The molecule has 0 bridgehead atoms. The molecule has 1 saturated heterocycles. The Kier molecular flexibility index (Phi) is 5.87. The van der Waals surface area contributed by atoms with Gasteiger partial charge in [0.15, 0.2) is 0 Å². The first-order valence-corrected chi connectivity index (χ1v) is 9.83. The maximum Gasteiger partial charge on any atom is 0.325 e. The number of benzene rings is 2. The predicted molar refractivity (Wildman–Crippen MR) is 112 cm³/mol. The Labute approximate surface area is 179 Å². The molecule has 0 aliphatic carbocycles. The third kappa shape index (κ3) is 4.23. The Morgan fingerprint density at radius 2 is 1.79 bits per heavy atom. The molecule has 0 saturated carbocycles. The predicted octanol–water partition coefficient (Wildman–Crippen LogP) is 3.95. The highest BCUT2D eigenvalue weighted by molar-refractivity contribution is 6.42. The second-order valence-corrected chi connectivity index (χ2v) is 8.09. The van der Waals surface area contributed by atoms with Crippen molar-refractivity contribution in [3.63, 3.8) is 0 Å². The average Bonchev–Trinajstić information content (AvgIpc) is 2.88. The molecular formula is C21H21Cl2N3O3. The minimum absolute atomic E-state index is 0.374. The fourth-order valence-corrected chi connectivity index (χ4v) is 3.53. The summed E-state index contributed by atoms with van der Waals surface area (Å²) in [6, 6.07) is 11.4. The molecule has 1 aliphatic rings. The quantitative estimate of drug-likeness (QED) is 0.700. The van der Waals surface area contributed by atoms with Crippen molar-refractivity contribution in [3.05, 3.63) is 69.2 Å². The Balaban J connectivity index is 1.70. The molecule has 2 aromatic carbocycles. The van der Waals surface area contributed by atoms with Crippen molar-refractivity contribution in [1.29, 1.82) is 0 Å². The highest BCUT2D eigenvalue weighted by atomic mass is 35.5. The van der Waals surface area contributed by atoms with Crippen LogP contribution in [-0.2, 0) is 15.1 Å². The van der Waals surface area contributed by atoms with Crippen molar-refractivity contribution < 1.29 is 14.4 Å². The first kappa shape index (κ1) is 21.1. The van der Waals surface area contributed by atoms with Gasteiger partial charge in [0.1, 0.15) is 12.1 Å². The molecule has 8 heteroatoms. The van der Waals surface area contributed by atoms with Crippen molar-refractivity contribution in [2.24, 2.45) is 0 Å². The highest BCUT2D eigenvalue weighted by Gasteiger charge is 2.49. The van der Waals surface area contributed by atoms with Crippen LogP contribution in [0.3, 0.4) is 0 Å². The fourth-order valence-electron chi connectivity index (χ4n) is 3.22. The van der Waals surface area contributed by atoms with E-state index in [9.17, 15) is 14.4 Å². The average molecular weight is 434 g/mol. The standard InChI is InChI=1S/C21H21Cl2N3O3/c1-12-4-7-15(8-5-12)21(3)19(28)26(20(29)25-21)11-18(27)24-13(2)14-6-9-16(22)17(23)10-14/h4-10,13H,11H2,1-3H3,(H,24,27)(H,25,29). The van der Waals surface area contributed by atoms with E-state index in [1.165, 1.54) is 0 Å². The zero-order valence-electron chi connectivity index (χ0n) is 16.3. The van der Waals surface area contributed by atoms with Crippen LogP contribution in [0.25, 0.3) is 0 Å². The summed E-state index contributed by atoms with van der Waals surface area (Å²) in [5.41, 5.74) is 1.25. The molecule has 3 rings (SSSR count). The Hall–Kier alpha value is -2.57. The van der Waals surface area contributed by atoms with E-state index in [1.807, 2.05) is 19.1 Å². The minimum Gasteiger partial charge on any atom is -0.348 e. The number of hydrogen-bond acceptors (Lipinski definition) is 3. The molecule has 0 spiro atoms. The normalized spacial score (nSPS) is 19.8. The summed E-state index contributed by atoms with van der Waals surface area (Å²) in [4.78, 5) is 38.7. The molecule has 1 heterocycles. The fraction of sp³-hybridized carbons (Fsp3) is 0.286. The van der Waals surface area contributed by atoms with Gasteiger partial charge in [-0.3, -0.25) is 14.5 Å². The number of carbonyl (C=O) groups excluding carboxylic acids is 3. The first-order chi connectivity index (χ1) is 13.6. The van der Waals surface area contributed by atoms with Gasteiger partial charge in [0, 0.05) is 0 Å². The molecule has 152 valence electrons. The van der Waals surface area contributed by atoms with Crippen LogP contribution in [0.2, 0.25) is 10.0 Å². The van der Waals surface area contributed by atoms with Gasteiger partial charge < -0.3 is 10.6 Å². The lowest BCUT2D eigenvalue weighted by Gasteiger charge is -2.22. The summed E-state index contributed by atoms with van der Waals surface area (Å²) in [5.74, 6) is -0.927. The van der Waals surface area contributed by atoms with Crippen LogP contribution in [-0.4, -0.2) is 29.3 Å². The van der Waals surface area contributed by atoms with E-state index in [4.69, 9.17) is 23.2 Å². The lowest BCUT2D eigenvalue weighted by Crippen LogP contribution is -2.43. The first-order valence-electron chi connectivity index (χ1n) is 9.07. The minimum atomic E-state index is -1.21. The van der Waals surface area contributed by atoms with Crippen LogP contribution in [0.4, 0.5) is 4.79 Å². The van der Waals surface area contributed by atoms with E-state index in [1.54, 1.807) is 44.2 Å². The van der Waals surface area contributed by atoms with E-state index in [2.05, 4.69) is 10.6 Å². The van der Waals surface area contributed by atoms with E-state index >= 15 is 0 Å². The molecule has 29 heavy (non-hydrogen) atoms. The van der Waals surface area contributed by atoms with Gasteiger partial charge in [-0.05, 0) is 44.0 Å². The van der Waals surface area contributed by atoms with Gasteiger partial charge in [-0.1, -0.05) is 59.1 Å². The van der Waals surface area contributed by atoms with Crippen molar-refractivity contribution in [1.82, 2.24) is 15.5 Å². The van der Waals surface area contributed by atoms with Crippen molar-refractivity contribution in [2.45, 2.75) is 32.4 Å². The van der Waals surface area contributed by atoms with Gasteiger partial charge in [0.2, 0.25) is 5.91 Å². The number of aryl methyl sites for hydroxylation is 1. The van der Waals surface area contributed by atoms with Crippen molar-refractivity contribution >= 4 is 41.0 Å². The van der Waals surface area contributed by atoms with Gasteiger partial charge >= 0.3 is 6.03 Å². The third-order valence-corrected chi connectivity index (χ3v) is 5.77. The zero-order chi connectivity index (χ0) is 21.3. The maximum atomic E-state index is 12.9. The number of nitrogens with one attached hydrogen (secondary N) is 2. The van der Waals surface area contributed by atoms with Gasteiger partial charge in [-0.25, -0.2) is 4.79 Å². The van der Waals surface area contributed by atoms with Crippen LogP contribution < -0.4 is 10.6 Å². The number of nitrogens with zero attached hydrogens (tertiary/aromatic N) is 1. The summed E-state index contributed by atoms with van der Waals surface area (Å²) < 4.78 is 0. The molecule has 4 amide bonds. The smallest absolute Gasteiger partial charge is 0.325 e. The summed E-state index contributed by atoms with van der Waals surface area (Å²) in [7, 11) is 0.